The Morgan fingerprint density at radius 1 is 1.43 bits per heavy atom. The summed E-state index contributed by atoms with van der Waals surface area (Å²) in [5, 5.41) is 10.2. The number of hydrogen-bond donors (Lipinski definition) is 1. The van der Waals surface area contributed by atoms with Crippen molar-refractivity contribution in [1.82, 2.24) is 4.98 Å². The Labute approximate surface area is 93.8 Å². The number of aliphatic hydroxyl groups excluding tert-OH is 1. The van der Waals surface area contributed by atoms with Crippen LogP contribution in [0.5, 0.6) is 0 Å². The lowest BCUT2D eigenvalue weighted by Gasteiger charge is -2.09. The summed E-state index contributed by atoms with van der Waals surface area (Å²) < 4.78 is 0.964. The highest BCUT2D eigenvalue weighted by Crippen LogP contribution is 2.27. The highest BCUT2D eigenvalue weighted by Gasteiger charge is 2.06. The number of aromatic nitrogens is 1. The van der Waals surface area contributed by atoms with Crippen LogP contribution in [0.15, 0.2) is 46.4 Å². The van der Waals surface area contributed by atoms with Crippen molar-refractivity contribution in [2.45, 2.75) is 0 Å². The van der Waals surface area contributed by atoms with E-state index in [0.717, 1.165) is 8.92 Å². The average Bonchev–Trinajstić information content (AvgIpc) is 2.45. The Balaban J connectivity index is 2.31. The van der Waals surface area contributed by atoms with E-state index in [-0.39, 0.29) is 5.76 Å². The minimum Gasteiger partial charge on any atom is -0.506 e. The molecule has 1 N–H and O–H groups in total. The van der Waals surface area contributed by atoms with Crippen molar-refractivity contribution in [3.05, 3.63) is 46.4 Å². The van der Waals surface area contributed by atoms with Crippen molar-refractivity contribution in [2.75, 3.05) is 4.90 Å². The first-order valence-electron chi connectivity index (χ1n) is 3.91. The minimum atomic E-state index is 0.210. The Hall–Kier alpha value is -1.07. The predicted molar refractivity (Wildman–Crippen MR) is 61.3 cm³/mol. The number of allylic oxidation sites excluding steroid dienone is 3. The summed E-state index contributed by atoms with van der Waals surface area (Å²) in [7, 11) is 0. The summed E-state index contributed by atoms with van der Waals surface area (Å²) in [6.07, 6.45) is 10.4. The molecule has 2 heterocycles. The van der Waals surface area contributed by atoms with Crippen LogP contribution in [0, 0.1) is 0 Å². The molecule has 0 radical (unpaired) electrons. The maximum Gasteiger partial charge on any atom is 0.194 e. The van der Waals surface area contributed by atoms with Gasteiger partial charge in [0.05, 0.1) is 16.2 Å². The number of rotatable bonds is 1. The molecule has 14 heavy (non-hydrogen) atoms. The first kappa shape index (κ1) is 9.48. The van der Waals surface area contributed by atoms with Crippen molar-refractivity contribution in [3.8, 4) is 0 Å². The maximum atomic E-state index is 9.39. The van der Waals surface area contributed by atoms with Crippen LogP contribution in [0.3, 0.4) is 0 Å². The van der Waals surface area contributed by atoms with Gasteiger partial charge in [-0.1, -0.05) is 17.4 Å². The molecule has 1 aliphatic rings. The lowest BCUT2D eigenvalue weighted by atomic mass is 10.4. The zero-order chi connectivity index (χ0) is 9.97. The molecule has 0 atom stereocenters. The van der Waals surface area contributed by atoms with Crippen LogP contribution < -0.4 is 4.90 Å². The second kappa shape index (κ2) is 3.98. The molecule has 3 nitrogen and oxygen atoms in total. The topological polar surface area (TPSA) is 36.4 Å². The van der Waals surface area contributed by atoms with Gasteiger partial charge in [-0.2, -0.15) is 0 Å². The van der Waals surface area contributed by atoms with Crippen molar-refractivity contribution < 1.29 is 5.11 Å². The highest BCUT2D eigenvalue weighted by molar-refractivity contribution is 9.11. The second-order valence-electron chi connectivity index (χ2n) is 2.61. The quantitative estimate of drug-likeness (QED) is 0.852. The third-order valence-electron chi connectivity index (χ3n) is 1.58. The van der Waals surface area contributed by atoms with Gasteiger partial charge in [0.15, 0.2) is 5.13 Å². The maximum absolute atomic E-state index is 9.39. The van der Waals surface area contributed by atoms with E-state index < -0.39 is 0 Å². The van der Waals surface area contributed by atoms with Crippen molar-refractivity contribution in [2.24, 2.45) is 0 Å². The Kier molecular flexibility index (Phi) is 2.69. The van der Waals surface area contributed by atoms with Crippen LogP contribution in [0.25, 0.3) is 0 Å². The van der Waals surface area contributed by atoms with Gasteiger partial charge in [-0.25, -0.2) is 4.98 Å². The van der Waals surface area contributed by atoms with E-state index in [2.05, 4.69) is 20.9 Å². The van der Waals surface area contributed by atoms with Crippen molar-refractivity contribution >= 4 is 32.4 Å². The van der Waals surface area contributed by atoms with E-state index in [4.69, 9.17) is 0 Å². The second-order valence-corrected chi connectivity index (χ2v) is 5.00. The molecule has 1 aromatic rings. The zero-order valence-corrected chi connectivity index (χ0v) is 9.49. The molecular weight excluding hydrogens is 264 g/mol. The molecule has 72 valence electrons. The largest absolute Gasteiger partial charge is 0.506 e. The molecule has 0 fully saturated rings. The molecular formula is C9H7BrN2OS. The van der Waals surface area contributed by atoms with Gasteiger partial charge in [0.25, 0.3) is 0 Å². The lowest BCUT2D eigenvalue weighted by Crippen LogP contribution is -2.06. The van der Waals surface area contributed by atoms with E-state index in [1.165, 1.54) is 11.3 Å². The molecule has 0 bridgehead atoms. The summed E-state index contributed by atoms with van der Waals surface area (Å²) in [5.41, 5.74) is 0. The number of anilines is 1. The van der Waals surface area contributed by atoms with Gasteiger partial charge >= 0.3 is 0 Å². The monoisotopic (exact) mass is 270 g/mol. The van der Waals surface area contributed by atoms with Gasteiger partial charge in [0, 0.05) is 6.20 Å². The predicted octanol–water partition coefficient (Wildman–Crippen LogP) is 3.19. The van der Waals surface area contributed by atoms with E-state index in [1.54, 1.807) is 29.4 Å². The standard InChI is InChI=1S/C9H7BrN2OS/c10-8-5-11-9(14-8)12-4-2-1-3-7(13)6-12/h1-6,13H. The number of nitrogens with zero attached hydrogens (tertiary/aromatic N) is 2. The summed E-state index contributed by atoms with van der Waals surface area (Å²) >= 11 is 4.84. The van der Waals surface area contributed by atoms with Gasteiger partial charge in [-0.15, -0.1) is 0 Å². The third-order valence-corrected chi connectivity index (χ3v) is 3.07. The summed E-state index contributed by atoms with van der Waals surface area (Å²) in [6, 6.07) is 0. The van der Waals surface area contributed by atoms with E-state index >= 15 is 0 Å². The zero-order valence-electron chi connectivity index (χ0n) is 7.09. The number of hydrogen-bond acceptors (Lipinski definition) is 4. The molecule has 5 heteroatoms. The van der Waals surface area contributed by atoms with E-state index in [0.29, 0.717) is 0 Å². The lowest BCUT2D eigenvalue weighted by molar-refractivity contribution is 0.431. The van der Waals surface area contributed by atoms with Crippen molar-refractivity contribution in [3.63, 3.8) is 0 Å². The van der Waals surface area contributed by atoms with Gasteiger partial charge < -0.3 is 5.11 Å². The number of aliphatic hydroxyl groups is 1. The van der Waals surface area contributed by atoms with Crippen LogP contribution in [0.2, 0.25) is 0 Å². The van der Waals surface area contributed by atoms with Gasteiger partial charge in [-0.05, 0) is 28.1 Å². The fraction of sp³-hybridized carbons (Fsp3) is 0. The molecule has 0 unspecified atom stereocenters. The molecule has 0 aromatic carbocycles. The highest BCUT2D eigenvalue weighted by atomic mass is 79.9. The SMILES string of the molecule is OC1=CN(c2ncc(Br)s2)C=CC=C1. The molecule has 0 saturated heterocycles. The van der Waals surface area contributed by atoms with Crippen LogP contribution in [-0.4, -0.2) is 10.1 Å². The normalized spacial score (nSPS) is 15.5. The van der Waals surface area contributed by atoms with Crippen LogP contribution in [-0.2, 0) is 0 Å². The van der Waals surface area contributed by atoms with Crippen molar-refractivity contribution in [1.29, 1.82) is 0 Å². The van der Waals surface area contributed by atoms with Gasteiger partial charge in [0.1, 0.15) is 5.76 Å². The Morgan fingerprint density at radius 3 is 3.00 bits per heavy atom. The first-order valence-corrected chi connectivity index (χ1v) is 5.52. The molecule has 0 saturated carbocycles. The molecule has 0 spiro atoms. The van der Waals surface area contributed by atoms with Gasteiger partial charge in [0.2, 0.25) is 0 Å². The molecule has 0 amide bonds. The Bertz CT molecular complexity index is 422. The fourth-order valence-electron chi connectivity index (χ4n) is 1.01. The van der Waals surface area contributed by atoms with Gasteiger partial charge in [-0.3, -0.25) is 4.90 Å². The van der Waals surface area contributed by atoms with Crippen LogP contribution in [0.1, 0.15) is 0 Å². The molecule has 2 rings (SSSR count). The first-order chi connectivity index (χ1) is 6.75. The fourth-order valence-corrected chi connectivity index (χ4v) is 2.15. The van der Waals surface area contributed by atoms with E-state index in [9.17, 15) is 5.11 Å². The minimum absolute atomic E-state index is 0.210. The number of halogens is 1. The third kappa shape index (κ3) is 2.05. The summed E-state index contributed by atoms with van der Waals surface area (Å²) in [5.74, 6) is 0.210. The summed E-state index contributed by atoms with van der Waals surface area (Å²) in [4.78, 5) is 5.95. The van der Waals surface area contributed by atoms with E-state index in [1.807, 2.05) is 12.3 Å². The molecule has 1 aromatic heterocycles. The smallest absolute Gasteiger partial charge is 0.194 e. The number of thiazole rings is 1. The Morgan fingerprint density at radius 2 is 2.29 bits per heavy atom. The molecule has 0 aliphatic carbocycles. The average molecular weight is 271 g/mol. The van der Waals surface area contributed by atoms with Crippen LogP contribution >= 0.6 is 27.3 Å². The van der Waals surface area contributed by atoms with Crippen LogP contribution in [0.4, 0.5) is 5.13 Å². The molecule has 1 aliphatic heterocycles. The summed E-state index contributed by atoms with van der Waals surface area (Å²) in [6.45, 7) is 0.